The molecular formula is C33H31Cl2FN4O5. The summed E-state index contributed by atoms with van der Waals surface area (Å²) in [4.78, 5) is 30.0. The fraction of sp³-hybridized carbons (Fsp3) is 0.303. The molecule has 3 aliphatic heterocycles. The maximum atomic E-state index is 15.8. The summed E-state index contributed by atoms with van der Waals surface area (Å²) in [6, 6.07) is 11.6. The van der Waals surface area contributed by atoms with Gasteiger partial charge in [-0.05, 0) is 42.7 Å². The lowest BCUT2D eigenvalue weighted by molar-refractivity contribution is 0.0515. The van der Waals surface area contributed by atoms with Crippen molar-refractivity contribution >= 4 is 52.6 Å². The smallest absolute Gasteiger partial charge is 0.340 e. The molecule has 2 N–H and O–H groups in total. The molecule has 2 bridgehead atoms. The Bertz CT molecular complexity index is 1690. The molecule has 45 heavy (non-hydrogen) atoms. The number of benzene rings is 3. The molecule has 6 rings (SSSR count). The Hall–Kier alpha value is -4.12. The highest BCUT2D eigenvalue weighted by Crippen LogP contribution is 2.43. The second kappa shape index (κ2) is 12.7. The van der Waals surface area contributed by atoms with Crippen LogP contribution in [0, 0.1) is 11.2 Å². The third-order valence-corrected chi connectivity index (χ3v) is 9.05. The number of allylic oxidation sites excluding steroid dienone is 1. The lowest BCUT2D eigenvalue weighted by Gasteiger charge is -2.37. The standard InChI is InChI=1S/C33H31Cl2FN4O5/c1-38-13-20(12-37)19-8-26(34)30(27(35)9-19)32(41)39-14-18-4-3-5-23(31(18)45-17-39)24-11-29(25(10-28(24)36)33(42)43-2)40-21-6-7-22(40)16-44-15-21/h3-5,8-13,21-22,37-38H,6-7,14-17H2,1-2H3/b20-13+,37-12?. The zero-order valence-electron chi connectivity index (χ0n) is 24.7. The van der Waals surface area contributed by atoms with E-state index in [1.54, 1.807) is 43.6 Å². The van der Waals surface area contributed by atoms with Crippen molar-refractivity contribution < 1.29 is 28.2 Å². The Morgan fingerprint density at radius 2 is 1.80 bits per heavy atom. The number of methoxy groups -OCH3 is 1. The molecule has 2 saturated heterocycles. The van der Waals surface area contributed by atoms with Crippen molar-refractivity contribution in [1.82, 2.24) is 10.2 Å². The van der Waals surface area contributed by atoms with Crippen LogP contribution in [-0.2, 0) is 16.0 Å². The van der Waals surface area contributed by atoms with Crippen LogP contribution >= 0.6 is 23.2 Å². The van der Waals surface area contributed by atoms with Gasteiger partial charge in [0.05, 0.1) is 65.8 Å². The van der Waals surface area contributed by atoms with E-state index < -0.39 is 17.7 Å². The number of carbonyl (C=O) groups is 2. The molecule has 234 valence electrons. The quantitative estimate of drug-likeness (QED) is 0.233. The Morgan fingerprint density at radius 1 is 1.09 bits per heavy atom. The fourth-order valence-corrected chi connectivity index (χ4v) is 7.01. The lowest BCUT2D eigenvalue weighted by atomic mass is 9.96. The van der Waals surface area contributed by atoms with Gasteiger partial charge in [-0.25, -0.2) is 9.18 Å². The molecule has 2 unspecified atom stereocenters. The summed E-state index contributed by atoms with van der Waals surface area (Å²) in [6.07, 6.45) is 4.62. The minimum Gasteiger partial charge on any atom is -0.472 e. The molecular weight excluding hydrogens is 622 g/mol. The van der Waals surface area contributed by atoms with Crippen LogP contribution in [0.15, 0.2) is 48.7 Å². The number of nitrogens with one attached hydrogen (secondary N) is 2. The van der Waals surface area contributed by atoms with Crippen molar-refractivity contribution in [3.05, 3.63) is 86.8 Å². The second-order valence-corrected chi connectivity index (χ2v) is 11.9. The number of hydrogen-bond donors (Lipinski definition) is 2. The van der Waals surface area contributed by atoms with Crippen LogP contribution in [0.5, 0.6) is 5.75 Å². The topological polar surface area (TPSA) is 104 Å². The predicted molar refractivity (Wildman–Crippen MR) is 171 cm³/mol. The first-order valence-corrected chi connectivity index (χ1v) is 15.2. The number of carbonyl (C=O) groups excluding carboxylic acids is 2. The molecule has 3 aromatic carbocycles. The van der Waals surface area contributed by atoms with Gasteiger partial charge in [0, 0.05) is 41.7 Å². The van der Waals surface area contributed by atoms with Gasteiger partial charge in [-0.3, -0.25) is 4.79 Å². The lowest BCUT2D eigenvalue weighted by Crippen LogP contribution is -2.46. The SMILES string of the molecule is CN/C=C(\C=N)c1cc(Cl)c(C(=O)N2COc3c(cccc3-c3cc(N4C5CCC4COC5)c(C(=O)OC)cc3F)C2)c(Cl)c1. The Kier molecular flexibility index (Phi) is 8.72. The van der Waals surface area contributed by atoms with E-state index in [1.165, 1.54) is 18.1 Å². The highest BCUT2D eigenvalue weighted by Gasteiger charge is 2.40. The van der Waals surface area contributed by atoms with Crippen molar-refractivity contribution in [3.8, 4) is 16.9 Å². The van der Waals surface area contributed by atoms with Crippen molar-refractivity contribution in [1.29, 1.82) is 5.41 Å². The van der Waals surface area contributed by atoms with Gasteiger partial charge < -0.3 is 34.7 Å². The van der Waals surface area contributed by atoms with Gasteiger partial charge in [-0.2, -0.15) is 0 Å². The largest absolute Gasteiger partial charge is 0.472 e. The third kappa shape index (κ3) is 5.62. The Balaban J connectivity index is 1.33. The van der Waals surface area contributed by atoms with Crippen LogP contribution in [0.25, 0.3) is 16.7 Å². The number of amides is 1. The first-order chi connectivity index (χ1) is 21.7. The molecule has 9 nitrogen and oxygen atoms in total. The van der Waals surface area contributed by atoms with Gasteiger partial charge in [0.2, 0.25) is 0 Å². The summed E-state index contributed by atoms with van der Waals surface area (Å²) in [5, 5.41) is 10.8. The summed E-state index contributed by atoms with van der Waals surface area (Å²) in [7, 11) is 2.99. The molecule has 0 aromatic heterocycles. The second-order valence-electron chi connectivity index (χ2n) is 11.1. The van der Waals surface area contributed by atoms with E-state index in [4.69, 9.17) is 42.8 Å². The number of rotatable bonds is 7. The normalized spacial score (nSPS) is 19.1. The summed E-state index contributed by atoms with van der Waals surface area (Å²) in [5.41, 5.74) is 3.46. The number of para-hydroxylation sites is 1. The number of anilines is 1. The summed E-state index contributed by atoms with van der Waals surface area (Å²) >= 11 is 13.1. The van der Waals surface area contributed by atoms with Crippen LogP contribution in [0.4, 0.5) is 10.1 Å². The van der Waals surface area contributed by atoms with Crippen LogP contribution in [0.1, 0.15) is 44.7 Å². The molecule has 2 atom stereocenters. The molecule has 0 radical (unpaired) electrons. The van der Waals surface area contributed by atoms with E-state index in [1.807, 2.05) is 6.07 Å². The number of hydrogen-bond acceptors (Lipinski definition) is 8. The minimum absolute atomic E-state index is 0.0784. The number of morpholine rings is 1. The highest BCUT2D eigenvalue weighted by atomic mass is 35.5. The van der Waals surface area contributed by atoms with Gasteiger partial charge in [0.1, 0.15) is 11.6 Å². The zero-order valence-corrected chi connectivity index (χ0v) is 26.2. The maximum absolute atomic E-state index is 15.8. The molecule has 0 saturated carbocycles. The molecule has 3 heterocycles. The van der Waals surface area contributed by atoms with Gasteiger partial charge in [-0.15, -0.1) is 0 Å². The van der Waals surface area contributed by atoms with Crippen LogP contribution in [0.2, 0.25) is 10.0 Å². The average Bonchev–Trinajstić information content (AvgIpc) is 3.28. The zero-order chi connectivity index (χ0) is 31.8. The summed E-state index contributed by atoms with van der Waals surface area (Å²) < 4.78 is 32.7. The number of halogens is 3. The molecule has 2 fully saturated rings. The van der Waals surface area contributed by atoms with Gasteiger partial charge >= 0.3 is 5.97 Å². The molecule has 0 aliphatic carbocycles. The third-order valence-electron chi connectivity index (χ3n) is 8.45. The minimum atomic E-state index is -0.612. The average molecular weight is 654 g/mol. The molecule has 0 spiro atoms. The van der Waals surface area contributed by atoms with Crippen LogP contribution in [0.3, 0.4) is 0 Å². The molecule has 1 amide bonds. The molecule has 3 aliphatic rings. The highest BCUT2D eigenvalue weighted by molar-refractivity contribution is 6.40. The summed E-state index contributed by atoms with van der Waals surface area (Å²) in [6.45, 7) is 1.12. The van der Waals surface area contributed by atoms with Crippen molar-refractivity contribution in [2.75, 3.05) is 39.0 Å². The number of nitrogens with zero attached hydrogens (tertiary/aromatic N) is 2. The van der Waals surface area contributed by atoms with E-state index in [0.717, 1.165) is 19.1 Å². The number of fused-ring (bicyclic) bond motifs is 3. The number of ether oxygens (including phenoxy) is 3. The fourth-order valence-electron chi connectivity index (χ4n) is 6.36. The van der Waals surface area contributed by atoms with Crippen molar-refractivity contribution in [2.24, 2.45) is 0 Å². The van der Waals surface area contributed by atoms with E-state index in [2.05, 4.69) is 10.2 Å². The van der Waals surface area contributed by atoms with Gasteiger partial charge in [-0.1, -0.05) is 41.4 Å². The monoisotopic (exact) mass is 652 g/mol. The van der Waals surface area contributed by atoms with Crippen molar-refractivity contribution in [3.63, 3.8) is 0 Å². The van der Waals surface area contributed by atoms with Crippen LogP contribution in [-0.4, -0.2) is 69.2 Å². The van der Waals surface area contributed by atoms with Gasteiger partial charge in [0.15, 0.2) is 6.73 Å². The Morgan fingerprint density at radius 3 is 2.44 bits per heavy atom. The summed E-state index contributed by atoms with van der Waals surface area (Å²) in [5.74, 6) is -1.19. The Labute approximate surface area is 270 Å². The molecule has 12 heteroatoms. The van der Waals surface area contributed by atoms with E-state index >= 15 is 4.39 Å². The maximum Gasteiger partial charge on any atom is 0.340 e. The first-order valence-electron chi connectivity index (χ1n) is 14.4. The van der Waals surface area contributed by atoms with Crippen LogP contribution < -0.4 is 15.0 Å². The molecule has 3 aromatic rings. The van der Waals surface area contributed by atoms with Crippen molar-refractivity contribution in [2.45, 2.75) is 31.5 Å². The predicted octanol–water partition coefficient (Wildman–Crippen LogP) is 6.16. The van der Waals surface area contributed by atoms with Gasteiger partial charge in [0.25, 0.3) is 5.91 Å². The van der Waals surface area contributed by atoms with E-state index in [0.29, 0.717) is 46.9 Å². The number of esters is 1. The van der Waals surface area contributed by atoms with E-state index in [-0.39, 0.29) is 52.1 Å². The van der Waals surface area contributed by atoms with E-state index in [9.17, 15) is 9.59 Å². The first kappa shape index (κ1) is 30.9.